The van der Waals surface area contributed by atoms with Gasteiger partial charge in [-0.05, 0) is 0 Å². The minimum atomic E-state index is -3.34. The Kier molecular flexibility index (Phi) is 0.356. The number of carbonyl (C=O) groups excluding carboxylic acids is 1. The Morgan fingerprint density at radius 2 is 1.68 bits per heavy atom. The molecule has 0 aromatic carbocycles. The summed E-state index contributed by atoms with van der Waals surface area (Å²) < 4.78 is 11.5. The average molecular weight is 340 g/mol. The summed E-state index contributed by atoms with van der Waals surface area (Å²) in [5.41, 5.74) is 0. The van der Waals surface area contributed by atoms with E-state index < -0.39 is 6.51 Å². The molecule has 1 spiro atoms. The van der Waals surface area contributed by atoms with E-state index in [4.69, 9.17) is 14.3 Å². The SMILES string of the molecule is O=C(OCc1ccc(CO)o1)[C]12[CH]3[CH]4[CH]5[CH]1[Fe]45321678[CH]2[CH]1[CH]6[CH]7[CH]28. The summed E-state index contributed by atoms with van der Waals surface area (Å²) in [4.78, 5) is 23.2. The van der Waals surface area contributed by atoms with Gasteiger partial charge in [-0.25, -0.2) is 0 Å². The first-order valence-corrected chi connectivity index (χ1v) is 14.8. The summed E-state index contributed by atoms with van der Waals surface area (Å²) in [6, 6.07) is 3.57. The normalized spacial score (nSPS) is 94.5. The van der Waals surface area contributed by atoms with Crippen molar-refractivity contribution in [1.29, 1.82) is 0 Å². The van der Waals surface area contributed by atoms with Crippen molar-refractivity contribution in [2.24, 2.45) is 0 Å². The molecule has 1 aromatic heterocycles. The van der Waals surface area contributed by atoms with E-state index in [1.165, 1.54) is 0 Å². The van der Waals surface area contributed by atoms with Crippen LogP contribution in [0.5, 0.6) is 0 Å². The summed E-state index contributed by atoms with van der Waals surface area (Å²) in [6.45, 7) is -3.17. The number of rotatable bonds is 4. The van der Waals surface area contributed by atoms with Gasteiger partial charge in [0.15, 0.2) is 0 Å². The number of hydrogen-bond donors (Lipinski definition) is 1. The molecule has 0 radical (unpaired) electrons. The van der Waals surface area contributed by atoms with Gasteiger partial charge in [0.1, 0.15) is 0 Å². The van der Waals surface area contributed by atoms with E-state index in [9.17, 15) is 4.79 Å². The van der Waals surface area contributed by atoms with Crippen molar-refractivity contribution in [1.82, 2.24) is 0 Å². The van der Waals surface area contributed by atoms with Crippen LogP contribution in [-0.2, 0) is 29.3 Å². The second-order valence-electron chi connectivity index (χ2n) is 11.8. The van der Waals surface area contributed by atoms with Crippen LogP contribution in [0.25, 0.3) is 0 Å². The van der Waals surface area contributed by atoms with Crippen molar-refractivity contribution in [2.75, 3.05) is 0 Å². The molecule has 4 unspecified atom stereocenters. The second kappa shape index (κ2) is 0.879. The van der Waals surface area contributed by atoms with Gasteiger partial charge in [0, 0.05) is 0 Å². The number of aliphatic hydroxyl groups excluding tert-OH is 1. The van der Waals surface area contributed by atoms with Gasteiger partial charge in [0.25, 0.3) is 0 Å². The van der Waals surface area contributed by atoms with Gasteiger partial charge in [-0.2, -0.15) is 0 Å². The number of hydrogen-bond acceptors (Lipinski definition) is 4. The van der Waals surface area contributed by atoms with E-state index in [1.807, 2.05) is 6.07 Å². The number of esters is 1. The Morgan fingerprint density at radius 1 is 1.09 bits per heavy atom. The number of fused-ring (bicyclic) bond motifs is 10. The van der Waals surface area contributed by atoms with Crippen LogP contribution in [-0.4, -0.2) is 11.1 Å². The molecular weight excluding hydrogens is 324 g/mol. The van der Waals surface area contributed by atoms with Gasteiger partial charge in [-0.15, -0.1) is 0 Å². The van der Waals surface area contributed by atoms with E-state index in [-0.39, 0.29) is 23.5 Å². The van der Waals surface area contributed by atoms with Crippen molar-refractivity contribution in [3.63, 3.8) is 0 Å². The monoisotopic (exact) mass is 340 g/mol. The molecule has 0 amide bonds. The predicted molar refractivity (Wildman–Crippen MR) is 70.9 cm³/mol. The van der Waals surface area contributed by atoms with Crippen molar-refractivity contribution in [3.8, 4) is 0 Å². The van der Waals surface area contributed by atoms with Gasteiger partial charge in [0.05, 0.1) is 0 Å². The van der Waals surface area contributed by atoms with E-state index >= 15 is 0 Å². The van der Waals surface area contributed by atoms with Crippen LogP contribution in [0.4, 0.5) is 0 Å². The third kappa shape index (κ3) is 0.116. The fourth-order valence-corrected chi connectivity index (χ4v) is 91.1. The van der Waals surface area contributed by atoms with Crippen LogP contribution in [0.15, 0.2) is 16.5 Å². The molecule has 5 heteroatoms. The zero-order valence-electron chi connectivity index (χ0n) is 11.8. The number of aliphatic hydroxyl groups is 1. The van der Waals surface area contributed by atoms with Gasteiger partial charge in [0.2, 0.25) is 0 Å². The van der Waals surface area contributed by atoms with Crippen LogP contribution in [0, 0.1) is 0 Å². The molecule has 10 aliphatic rings. The first-order valence-electron chi connectivity index (χ1n) is 8.55. The molecule has 1 N–H and O–H groups in total. The fourth-order valence-electron chi connectivity index (χ4n) is 17.6. The quantitative estimate of drug-likeness (QED) is 0.672. The maximum absolute atomic E-state index is 13.2. The summed E-state index contributed by atoms with van der Waals surface area (Å²) in [5, 5.41) is 9.06. The summed E-state index contributed by atoms with van der Waals surface area (Å²) >= 11 is 0. The average Bonchev–Trinajstić information content (AvgIpc) is 3.43. The van der Waals surface area contributed by atoms with E-state index in [0.717, 1.165) is 43.3 Å². The molecule has 0 bridgehead atoms. The van der Waals surface area contributed by atoms with E-state index in [1.54, 1.807) is 6.07 Å². The zero-order chi connectivity index (χ0) is 14.0. The Balaban J connectivity index is 1.10. The standard InChI is InChI=1S/C12H11O4.C5H5.Fe/c13-7-10-5-6-11(16-10)8-15-12(14)9-3-1-2-4-9;1-2-4-5-3-1;/h1-6,13H,7-8H2;1-5H;. The third-order valence-electron chi connectivity index (χ3n) is 16.2. The van der Waals surface area contributed by atoms with Crippen LogP contribution in [0.1, 0.15) is 11.5 Å². The number of furan rings is 1. The molecule has 0 aliphatic carbocycles. The molecule has 10 saturated heterocycles. The summed E-state index contributed by atoms with van der Waals surface area (Å²) in [7, 11) is 0. The van der Waals surface area contributed by atoms with Crippen LogP contribution in [0.3, 0.4) is 0 Å². The molecule has 10 aliphatic heterocycles. The molecular formula is C17H16FeO4. The van der Waals surface area contributed by atoms with E-state index in [2.05, 4.69) is 0 Å². The summed E-state index contributed by atoms with van der Waals surface area (Å²) in [6.07, 6.45) is 0. The van der Waals surface area contributed by atoms with Crippen LogP contribution < -0.4 is 0 Å². The van der Waals surface area contributed by atoms with Gasteiger partial charge >= 0.3 is 116 Å². The molecule has 10 fully saturated rings. The van der Waals surface area contributed by atoms with Crippen molar-refractivity contribution in [3.05, 3.63) is 23.7 Å². The summed E-state index contributed by atoms with van der Waals surface area (Å²) in [5.74, 6) is 1.43. The molecule has 0 saturated carbocycles. The molecule has 11 heterocycles. The fraction of sp³-hybridized carbons (Fsp3) is 0.706. The second-order valence-corrected chi connectivity index (χ2v) is 35.3. The van der Waals surface area contributed by atoms with Crippen LogP contribution >= 0.6 is 0 Å². The molecule has 116 valence electrons. The Morgan fingerprint density at radius 3 is 2.09 bits per heavy atom. The van der Waals surface area contributed by atoms with Crippen molar-refractivity contribution < 1.29 is 25.6 Å². The number of ether oxygens (including phenoxy) is 1. The predicted octanol–water partition coefficient (Wildman–Crippen LogP) is 3.57. The first-order chi connectivity index (χ1) is 10.5. The van der Waals surface area contributed by atoms with Crippen LogP contribution in [0.2, 0.25) is 47.7 Å². The number of carbonyl (C=O) groups is 1. The van der Waals surface area contributed by atoms with Gasteiger partial charge in [-0.3, -0.25) is 0 Å². The van der Waals surface area contributed by atoms with Gasteiger partial charge in [-0.1, -0.05) is 0 Å². The maximum atomic E-state index is 13.2. The van der Waals surface area contributed by atoms with Gasteiger partial charge < -0.3 is 0 Å². The zero-order valence-corrected chi connectivity index (χ0v) is 12.9. The van der Waals surface area contributed by atoms with E-state index in [0.29, 0.717) is 11.5 Å². The Bertz CT molecular complexity index is 1200. The third-order valence-corrected chi connectivity index (χ3v) is 58.5. The molecule has 4 atom stereocenters. The molecule has 11 rings (SSSR count). The minimum absolute atomic E-state index is 0.0965. The van der Waals surface area contributed by atoms with Crippen molar-refractivity contribution >= 4 is 5.97 Å². The van der Waals surface area contributed by atoms with Crippen molar-refractivity contribution in [2.45, 2.75) is 60.9 Å². The Hall–Kier alpha value is -0.771. The molecule has 4 nitrogen and oxygen atoms in total. The first kappa shape index (κ1) is 8.91. The molecule has 22 heavy (non-hydrogen) atoms. The molecule has 1 aromatic rings. The topological polar surface area (TPSA) is 59.7 Å². The Labute approximate surface area is 116 Å².